The molecule has 0 amide bonds. The second-order valence-corrected chi connectivity index (χ2v) is 14.6. The van der Waals surface area contributed by atoms with Crippen molar-refractivity contribution in [3.8, 4) is 45.3 Å². The van der Waals surface area contributed by atoms with Crippen molar-refractivity contribution in [1.29, 1.82) is 0 Å². The molecule has 0 atom stereocenters. The first kappa shape index (κ1) is 38.2. The van der Waals surface area contributed by atoms with Crippen molar-refractivity contribution in [1.82, 2.24) is 0 Å². The van der Waals surface area contributed by atoms with Crippen LogP contribution in [-0.4, -0.2) is 71.1 Å². The van der Waals surface area contributed by atoms with Gasteiger partial charge in [-0.3, -0.25) is 4.79 Å². The molecule has 0 aromatic heterocycles. The van der Waals surface area contributed by atoms with Crippen molar-refractivity contribution in [2.24, 2.45) is 0 Å². The molecule has 5 N–H and O–H groups in total. The van der Waals surface area contributed by atoms with Crippen LogP contribution in [0.3, 0.4) is 0 Å². The van der Waals surface area contributed by atoms with Crippen LogP contribution in [0.5, 0.6) is 23.0 Å². The van der Waals surface area contributed by atoms with E-state index in [1.165, 1.54) is 12.1 Å². The normalized spacial score (nSPS) is 12.2. The first-order valence-electron chi connectivity index (χ1n) is 16.8. The second-order valence-electron chi connectivity index (χ2n) is 14.6. The van der Waals surface area contributed by atoms with E-state index in [0.717, 1.165) is 0 Å². The average molecular weight is 687 g/mol. The van der Waals surface area contributed by atoms with Gasteiger partial charge in [-0.15, -0.1) is 0 Å². The van der Waals surface area contributed by atoms with Gasteiger partial charge in [0.2, 0.25) is 0 Å². The van der Waals surface area contributed by atoms with Crippen LogP contribution in [0.25, 0.3) is 22.3 Å². The molecule has 0 bridgehead atoms. The number of phenolic OH excluding ortho intramolecular Hbond substituents is 4. The van der Waals surface area contributed by atoms with Crippen LogP contribution in [-0.2, 0) is 35.3 Å². The summed E-state index contributed by atoms with van der Waals surface area (Å²) in [4.78, 5) is 14.6. The molecular formula is C41H50O9. The fourth-order valence-electron chi connectivity index (χ4n) is 6.11. The summed E-state index contributed by atoms with van der Waals surface area (Å²) in [5.74, 6) is -0.354. The lowest BCUT2D eigenvalue weighted by atomic mass is 9.70. The Kier molecular flexibility index (Phi) is 11.9. The van der Waals surface area contributed by atoms with Crippen LogP contribution in [0.4, 0.5) is 0 Å². The summed E-state index contributed by atoms with van der Waals surface area (Å²) in [6.45, 7) is 14.4. The van der Waals surface area contributed by atoms with Gasteiger partial charge in [0.1, 0.15) is 35.0 Å². The monoisotopic (exact) mass is 686 g/mol. The minimum absolute atomic E-state index is 0.0130. The molecule has 4 rings (SSSR count). The molecule has 268 valence electrons. The van der Waals surface area contributed by atoms with Gasteiger partial charge < -0.3 is 39.7 Å². The molecule has 0 fully saturated rings. The first-order valence-corrected chi connectivity index (χ1v) is 16.8. The average Bonchev–Trinajstić information content (AvgIpc) is 3.04. The van der Waals surface area contributed by atoms with Crippen LogP contribution in [0.2, 0.25) is 0 Å². The SMILES string of the molecule is CC(C)(C)c1cc(-c2cc(O)ccc2C(C)(C(=O)OCCOCCOCCO)c2ccc(O)cc2-c2ccc(O)c(C(C)(C)C)c2)ccc1O. The number of esters is 1. The summed E-state index contributed by atoms with van der Waals surface area (Å²) < 4.78 is 16.7. The number of benzene rings is 4. The van der Waals surface area contributed by atoms with E-state index in [9.17, 15) is 25.2 Å². The van der Waals surface area contributed by atoms with Gasteiger partial charge in [-0.1, -0.05) is 65.8 Å². The first-order chi connectivity index (χ1) is 23.5. The molecule has 0 aliphatic rings. The van der Waals surface area contributed by atoms with Gasteiger partial charge in [0.05, 0.1) is 33.0 Å². The number of ether oxygens (including phenoxy) is 3. The second kappa shape index (κ2) is 15.5. The van der Waals surface area contributed by atoms with Gasteiger partial charge in [-0.25, -0.2) is 0 Å². The summed E-state index contributed by atoms with van der Waals surface area (Å²) in [7, 11) is 0. The predicted molar refractivity (Wildman–Crippen MR) is 194 cm³/mol. The van der Waals surface area contributed by atoms with Crippen LogP contribution in [0, 0.1) is 0 Å². The molecule has 0 radical (unpaired) electrons. The summed E-state index contributed by atoms with van der Waals surface area (Å²) in [6, 6.07) is 20.0. The zero-order chi connectivity index (χ0) is 36.9. The Bertz CT molecular complexity index is 1680. The highest BCUT2D eigenvalue weighted by Crippen LogP contribution is 2.47. The quantitative estimate of drug-likeness (QED) is 0.0722. The Hall–Kier alpha value is -4.57. The van der Waals surface area contributed by atoms with E-state index in [4.69, 9.17) is 19.3 Å². The van der Waals surface area contributed by atoms with Gasteiger partial charge in [-0.2, -0.15) is 0 Å². The molecule has 9 nitrogen and oxygen atoms in total. The lowest BCUT2D eigenvalue weighted by molar-refractivity contribution is -0.150. The molecule has 9 heteroatoms. The maximum atomic E-state index is 14.6. The zero-order valence-electron chi connectivity index (χ0n) is 30.0. The van der Waals surface area contributed by atoms with E-state index >= 15 is 0 Å². The van der Waals surface area contributed by atoms with E-state index in [0.29, 0.717) is 44.5 Å². The Labute approximate surface area is 294 Å². The van der Waals surface area contributed by atoms with Gasteiger partial charge in [0.25, 0.3) is 0 Å². The number of hydrogen-bond donors (Lipinski definition) is 5. The molecule has 0 unspecified atom stereocenters. The van der Waals surface area contributed by atoms with Crippen LogP contribution >= 0.6 is 0 Å². The molecule has 0 saturated heterocycles. The summed E-state index contributed by atoms with van der Waals surface area (Å²) in [5.41, 5.74) is 2.53. The van der Waals surface area contributed by atoms with Crippen LogP contribution in [0.1, 0.15) is 70.7 Å². The lowest BCUT2D eigenvalue weighted by Crippen LogP contribution is -2.37. The van der Waals surface area contributed by atoms with Gasteiger partial charge in [0.15, 0.2) is 0 Å². The molecule has 0 aliphatic heterocycles. The third-order valence-corrected chi connectivity index (χ3v) is 8.79. The Morgan fingerprint density at radius 3 is 1.38 bits per heavy atom. The van der Waals surface area contributed by atoms with E-state index in [1.54, 1.807) is 55.5 Å². The number of rotatable bonds is 13. The number of aromatic hydroxyl groups is 4. The van der Waals surface area contributed by atoms with E-state index in [-0.39, 0.29) is 62.6 Å². The largest absolute Gasteiger partial charge is 0.508 e. The van der Waals surface area contributed by atoms with E-state index in [1.807, 2.05) is 53.7 Å². The van der Waals surface area contributed by atoms with Crippen LogP contribution < -0.4 is 0 Å². The number of aliphatic hydroxyl groups excluding tert-OH is 1. The standard InChI is InChI=1S/C41H50O9/c1-39(2,3)34-22-26(8-14-36(34)45)30-24-28(43)10-12-32(30)41(7,38(47)50-21-20-49-19-18-48-17-16-42)33-13-11-29(44)25-31(33)27-9-15-37(46)35(23-27)40(4,5)6/h8-15,22-25,42-46H,16-21H2,1-7H3. The van der Waals surface area contributed by atoms with Gasteiger partial charge in [-0.05, 0) is 111 Å². The molecule has 0 saturated carbocycles. The Morgan fingerprint density at radius 1 is 0.540 bits per heavy atom. The highest BCUT2D eigenvalue weighted by atomic mass is 16.6. The maximum absolute atomic E-state index is 14.6. The van der Waals surface area contributed by atoms with Crippen molar-refractivity contribution in [2.75, 3.05) is 39.6 Å². The summed E-state index contributed by atoms with van der Waals surface area (Å²) in [6.07, 6.45) is 0. The minimum atomic E-state index is -1.52. The highest BCUT2D eigenvalue weighted by molar-refractivity contribution is 5.94. The Balaban J connectivity index is 1.93. The number of phenols is 4. The molecule has 4 aromatic rings. The number of carbonyl (C=O) groups excluding carboxylic acids is 1. The number of carbonyl (C=O) groups is 1. The van der Waals surface area contributed by atoms with E-state index in [2.05, 4.69) is 0 Å². The number of hydrogen-bond acceptors (Lipinski definition) is 9. The topological polar surface area (TPSA) is 146 Å². The molecule has 50 heavy (non-hydrogen) atoms. The van der Waals surface area contributed by atoms with E-state index < -0.39 is 22.2 Å². The fourth-order valence-corrected chi connectivity index (χ4v) is 6.11. The van der Waals surface area contributed by atoms with Crippen molar-refractivity contribution < 1.29 is 44.5 Å². The predicted octanol–water partition coefficient (Wildman–Crippen LogP) is 7.31. The summed E-state index contributed by atoms with van der Waals surface area (Å²) in [5, 5.41) is 52.0. The van der Waals surface area contributed by atoms with Crippen molar-refractivity contribution >= 4 is 5.97 Å². The molecular weight excluding hydrogens is 636 g/mol. The van der Waals surface area contributed by atoms with Gasteiger partial charge >= 0.3 is 5.97 Å². The van der Waals surface area contributed by atoms with Crippen LogP contribution in [0.15, 0.2) is 72.8 Å². The Morgan fingerprint density at radius 2 is 0.960 bits per heavy atom. The zero-order valence-corrected chi connectivity index (χ0v) is 30.0. The van der Waals surface area contributed by atoms with Crippen molar-refractivity contribution in [2.45, 2.75) is 64.7 Å². The molecule has 4 aromatic carbocycles. The molecule has 0 aliphatic carbocycles. The fraction of sp³-hybridized carbons (Fsp3) is 0.390. The highest BCUT2D eigenvalue weighted by Gasteiger charge is 2.43. The van der Waals surface area contributed by atoms with Crippen molar-refractivity contribution in [3.05, 3.63) is 95.1 Å². The van der Waals surface area contributed by atoms with Crippen molar-refractivity contribution in [3.63, 3.8) is 0 Å². The molecule has 0 spiro atoms. The minimum Gasteiger partial charge on any atom is -0.508 e. The smallest absolute Gasteiger partial charge is 0.320 e. The molecule has 0 heterocycles. The van der Waals surface area contributed by atoms with Gasteiger partial charge in [0, 0.05) is 0 Å². The third-order valence-electron chi connectivity index (χ3n) is 8.79. The number of aliphatic hydroxyl groups is 1. The maximum Gasteiger partial charge on any atom is 0.320 e. The third kappa shape index (κ3) is 8.59. The summed E-state index contributed by atoms with van der Waals surface area (Å²) >= 11 is 0. The lowest BCUT2D eigenvalue weighted by Gasteiger charge is -2.33.